The van der Waals surface area contributed by atoms with Crippen LogP contribution in [0.2, 0.25) is 0 Å². The number of hydrogen-bond acceptors (Lipinski definition) is 3. The first-order valence-corrected chi connectivity index (χ1v) is 6.56. The number of hydrogen-bond donors (Lipinski definition) is 3. The molecule has 19 heavy (non-hydrogen) atoms. The summed E-state index contributed by atoms with van der Waals surface area (Å²) in [7, 11) is 1.75. The van der Waals surface area contributed by atoms with Gasteiger partial charge in [0.2, 0.25) is 5.91 Å². The Balaban J connectivity index is 0.00000180. The van der Waals surface area contributed by atoms with Crippen molar-refractivity contribution in [3.63, 3.8) is 0 Å². The van der Waals surface area contributed by atoms with E-state index in [0.29, 0.717) is 31.3 Å². The van der Waals surface area contributed by atoms with Gasteiger partial charge in [-0.05, 0) is 19.3 Å². The minimum absolute atomic E-state index is 0. The van der Waals surface area contributed by atoms with E-state index in [2.05, 4.69) is 20.9 Å². The molecule has 2 aliphatic heterocycles. The predicted octanol–water partition coefficient (Wildman–Crippen LogP) is 0.225. The number of halogens is 1. The molecule has 6 nitrogen and oxygen atoms in total. The monoisotopic (exact) mass is 382 g/mol. The van der Waals surface area contributed by atoms with Gasteiger partial charge in [-0.1, -0.05) is 0 Å². The van der Waals surface area contributed by atoms with Crippen molar-refractivity contribution in [2.24, 2.45) is 4.99 Å². The minimum atomic E-state index is -0.0127. The van der Waals surface area contributed by atoms with Gasteiger partial charge < -0.3 is 20.7 Å². The zero-order valence-corrected chi connectivity index (χ0v) is 13.8. The molecular formula is C12H23IN4O2. The highest BCUT2D eigenvalue weighted by Crippen LogP contribution is 2.34. The fourth-order valence-corrected chi connectivity index (χ4v) is 2.58. The summed E-state index contributed by atoms with van der Waals surface area (Å²) in [5.74, 6) is 0.766. The van der Waals surface area contributed by atoms with Crippen molar-refractivity contribution in [2.45, 2.75) is 44.4 Å². The highest BCUT2D eigenvalue weighted by molar-refractivity contribution is 14.0. The van der Waals surface area contributed by atoms with Crippen LogP contribution in [-0.2, 0) is 9.53 Å². The predicted molar refractivity (Wildman–Crippen MR) is 84.9 cm³/mol. The van der Waals surface area contributed by atoms with Crippen molar-refractivity contribution in [2.75, 3.05) is 20.1 Å². The van der Waals surface area contributed by atoms with Gasteiger partial charge in [0.25, 0.3) is 0 Å². The molecule has 110 valence electrons. The molecule has 7 heteroatoms. The summed E-state index contributed by atoms with van der Waals surface area (Å²) < 4.78 is 5.79. The molecule has 2 rings (SSSR count). The maximum atomic E-state index is 10.7. The first-order chi connectivity index (χ1) is 8.69. The molecule has 0 aliphatic carbocycles. The quantitative estimate of drug-likeness (QED) is 0.282. The van der Waals surface area contributed by atoms with Crippen molar-refractivity contribution < 1.29 is 9.53 Å². The van der Waals surface area contributed by atoms with E-state index in [1.807, 2.05) is 0 Å². The van der Waals surface area contributed by atoms with E-state index in [1.54, 1.807) is 7.05 Å². The van der Waals surface area contributed by atoms with E-state index in [4.69, 9.17) is 4.74 Å². The Labute approximate surface area is 131 Å². The molecule has 0 saturated carbocycles. The first-order valence-electron chi connectivity index (χ1n) is 6.56. The Kier molecular flexibility index (Phi) is 6.84. The van der Waals surface area contributed by atoms with E-state index in [0.717, 1.165) is 18.8 Å². The Bertz CT molecular complexity index is 338. The zero-order chi connectivity index (χ0) is 13.0. The number of carbonyl (C=O) groups is 1. The van der Waals surface area contributed by atoms with Gasteiger partial charge in [0, 0.05) is 27.1 Å². The Morgan fingerprint density at radius 1 is 1.32 bits per heavy atom. The standard InChI is InChI=1S/C12H22N4O2.HI/c1-8(17)14-5-6-15-12(13-2)16-10-7-9-3-4-11(10)18-9;/h9-11H,3-7H2,1-2H3,(H,14,17)(H2,13,15,16);1H. The number of guanidine groups is 1. The lowest BCUT2D eigenvalue weighted by Crippen LogP contribution is -2.48. The summed E-state index contributed by atoms with van der Waals surface area (Å²) in [5.41, 5.74) is 0. The molecule has 0 radical (unpaired) electrons. The van der Waals surface area contributed by atoms with Gasteiger partial charge in [0.05, 0.1) is 18.2 Å². The smallest absolute Gasteiger partial charge is 0.216 e. The summed E-state index contributed by atoms with van der Waals surface area (Å²) in [6.07, 6.45) is 4.17. The van der Waals surface area contributed by atoms with Gasteiger partial charge in [0.1, 0.15) is 0 Å². The number of nitrogens with zero attached hydrogens (tertiary/aromatic N) is 1. The average Bonchev–Trinajstić information content (AvgIpc) is 2.94. The third kappa shape index (κ3) is 4.79. The summed E-state index contributed by atoms with van der Waals surface area (Å²) in [4.78, 5) is 14.9. The molecule has 3 unspecified atom stereocenters. The molecule has 1 amide bonds. The molecule has 2 aliphatic rings. The molecule has 2 fully saturated rings. The van der Waals surface area contributed by atoms with Crippen LogP contribution in [0.1, 0.15) is 26.2 Å². The normalized spacial score (nSPS) is 28.7. The van der Waals surface area contributed by atoms with Crippen molar-refractivity contribution in [1.82, 2.24) is 16.0 Å². The number of fused-ring (bicyclic) bond motifs is 2. The molecule has 3 N–H and O–H groups in total. The minimum Gasteiger partial charge on any atom is -0.373 e. The van der Waals surface area contributed by atoms with Gasteiger partial charge >= 0.3 is 0 Å². The fourth-order valence-electron chi connectivity index (χ4n) is 2.58. The third-order valence-electron chi connectivity index (χ3n) is 3.44. The fraction of sp³-hybridized carbons (Fsp3) is 0.833. The summed E-state index contributed by atoms with van der Waals surface area (Å²) in [6.45, 7) is 2.78. The highest BCUT2D eigenvalue weighted by atomic mass is 127. The van der Waals surface area contributed by atoms with Crippen LogP contribution in [-0.4, -0.2) is 50.3 Å². The van der Waals surface area contributed by atoms with E-state index in [-0.39, 0.29) is 29.9 Å². The second-order valence-corrected chi connectivity index (χ2v) is 4.84. The molecule has 3 atom stereocenters. The Morgan fingerprint density at radius 3 is 2.58 bits per heavy atom. The Morgan fingerprint density at radius 2 is 2.05 bits per heavy atom. The van der Waals surface area contributed by atoms with E-state index in [9.17, 15) is 4.79 Å². The average molecular weight is 382 g/mol. The van der Waals surface area contributed by atoms with Crippen LogP contribution in [0, 0.1) is 0 Å². The molecule has 2 saturated heterocycles. The molecule has 0 aromatic rings. The molecular weight excluding hydrogens is 359 g/mol. The third-order valence-corrected chi connectivity index (χ3v) is 3.44. The molecule has 0 aromatic heterocycles. The zero-order valence-electron chi connectivity index (χ0n) is 11.4. The lowest BCUT2D eigenvalue weighted by atomic mass is 9.96. The largest absolute Gasteiger partial charge is 0.373 e. The van der Waals surface area contributed by atoms with Crippen LogP contribution in [0.15, 0.2) is 4.99 Å². The summed E-state index contributed by atoms with van der Waals surface area (Å²) >= 11 is 0. The summed E-state index contributed by atoms with van der Waals surface area (Å²) in [5, 5.41) is 9.30. The van der Waals surface area contributed by atoms with Crippen LogP contribution in [0.5, 0.6) is 0 Å². The van der Waals surface area contributed by atoms with Crippen LogP contribution in [0.4, 0.5) is 0 Å². The van der Waals surface area contributed by atoms with Crippen molar-refractivity contribution >= 4 is 35.8 Å². The van der Waals surface area contributed by atoms with Crippen molar-refractivity contribution in [3.8, 4) is 0 Å². The van der Waals surface area contributed by atoms with E-state index in [1.165, 1.54) is 13.3 Å². The van der Waals surface area contributed by atoms with Gasteiger partial charge in [0.15, 0.2) is 5.96 Å². The molecule has 2 bridgehead atoms. The molecule has 2 heterocycles. The maximum Gasteiger partial charge on any atom is 0.216 e. The second-order valence-electron chi connectivity index (χ2n) is 4.84. The molecule has 0 aromatic carbocycles. The molecule has 0 spiro atoms. The maximum absolute atomic E-state index is 10.7. The topological polar surface area (TPSA) is 74.8 Å². The Hall–Kier alpha value is -0.570. The lowest BCUT2D eigenvalue weighted by Gasteiger charge is -2.22. The van der Waals surface area contributed by atoms with E-state index >= 15 is 0 Å². The van der Waals surface area contributed by atoms with Gasteiger partial charge in [-0.25, -0.2) is 0 Å². The van der Waals surface area contributed by atoms with Crippen LogP contribution < -0.4 is 16.0 Å². The SMILES string of the molecule is CN=C(NCCNC(C)=O)NC1CC2CCC1O2.I. The van der Waals surface area contributed by atoms with Crippen LogP contribution >= 0.6 is 24.0 Å². The lowest BCUT2D eigenvalue weighted by molar-refractivity contribution is -0.118. The van der Waals surface area contributed by atoms with E-state index < -0.39 is 0 Å². The first kappa shape index (κ1) is 16.5. The number of carbonyl (C=O) groups excluding carboxylic acids is 1. The number of aliphatic imine (C=N–C) groups is 1. The highest BCUT2D eigenvalue weighted by Gasteiger charge is 2.40. The number of amides is 1. The van der Waals surface area contributed by atoms with Gasteiger partial charge in [-0.2, -0.15) is 0 Å². The van der Waals surface area contributed by atoms with Crippen LogP contribution in [0.3, 0.4) is 0 Å². The number of ether oxygens (including phenoxy) is 1. The van der Waals surface area contributed by atoms with Gasteiger partial charge in [-0.3, -0.25) is 9.79 Å². The second kappa shape index (κ2) is 7.88. The number of nitrogens with one attached hydrogen (secondary N) is 3. The number of rotatable bonds is 4. The van der Waals surface area contributed by atoms with Crippen molar-refractivity contribution in [1.29, 1.82) is 0 Å². The van der Waals surface area contributed by atoms with Crippen LogP contribution in [0.25, 0.3) is 0 Å². The van der Waals surface area contributed by atoms with Gasteiger partial charge in [-0.15, -0.1) is 24.0 Å². The van der Waals surface area contributed by atoms with Crippen molar-refractivity contribution in [3.05, 3.63) is 0 Å². The summed E-state index contributed by atoms with van der Waals surface area (Å²) in [6, 6.07) is 0.371.